The Kier molecular flexibility index (Phi) is 5.55. The standard InChI is InChI=1S/C21H23ClN2OS/c22-16-7-5-15(6-8-16)20-18-4-2-1-3-17(18)19(21(26)23-20)9-10-24-11-13-25-14-12-24/h1-8,19-20H,9-14H2,(H,23,26). The van der Waals surface area contributed by atoms with Gasteiger partial charge in [-0.05, 0) is 41.8 Å². The molecule has 136 valence electrons. The minimum Gasteiger partial charge on any atom is -0.379 e. The molecule has 2 aromatic rings. The van der Waals surface area contributed by atoms with Crippen LogP contribution in [0.1, 0.15) is 35.1 Å². The zero-order valence-electron chi connectivity index (χ0n) is 14.7. The molecule has 4 rings (SSSR count). The maximum atomic E-state index is 6.06. The van der Waals surface area contributed by atoms with E-state index < -0.39 is 0 Å². The van der Waals surface area contributed by atoms with Crippen LogP contribution in [0.25, 0.3) is 0 Å². The van der Waals surface area contributed by atoms with E-state index >= 15 is 0 Å². The SMILES string of the molecule is S=C1NC(c2ccc(Cl)cc2)c2ccccc2C1CCN1CCOCC1. The zero-order valence-corrected chi connectivity index (χ0v) is 16.2. The van der Waals surface area contributed by atoms with Gasteiger partial charge in [0, 0.05) is 24.0 Å². The van der Waals surface area contributed by atoms with Crippen LogP contribution in [-0.2, 0) is 4.74 Å². The van der Waals surface area contributed by atoms with E-state index in [4.69, 9.17) is 28.6 Å². The van der Waals surface area contributed by atoms with Gasteiger partial charge >= 0.3 is 0 Å². The fourth-order valence-electron chi connectivity index (χ4n) is 3.89. The minimum atomic E-state index is 0.0932. The Morgan fingerprint density at radius 3 is 2.46 bits per heavy atom. The molecule has 0 bridgehead atoms. The van der Waals surface area contributed by atoms with E-state index in [0.717, 1.165) is 49.3 Å². The highest BCUT2D eigenvalue weighted by Crippen LogP contribution is 2.37. The third-order valence-electron chi connectivity index (χ3n) is 5.33. The fourth-order valence-corrected chi connectivity index (χ4v) is 4.38. The predicted octanol–water partition coefficient (Wildman–Crippen LogP) is 4.17. The van der Waals surface area contributed by atoms with Crippen LogP contribution in [0.15, 0.2) is 48.5 Å². The molecule has 1 fully saturated rings. The summed E-state index contributed by atoms with van der Waals surface area (Å²) < 4.78 is 5.45. The molecule has 0 aromatic heterocycles. The van der Waals surface area contributed by atoms with Gasteiger partial charge in [-0.2, -0.15) is 0 Å². The fraction of sp³-hybridized carbons (Fsp3) is 0.381. The number of halogens is 1. The molecule has 5 heteroatoms. The van der Waals surface area contributed by atoms with Crippen LogP contribution in [0.2, 0.25) is 5.02 Å². The first-order valence-electron chi connectivity index (χ1n) is 9.17. The van der Waals surface area contributed by atoms with Crippen LogP contribution in [0.4, 0.5) is 0 Å². The molecule has 0 radical (unpaired) electrons. The smallest absolute Gasteiger partial charge is 0.0837 e. The molecule has 0 aliphatic carbocycles. The van der Waals surface area contributed by atoms with Crippen LogP contribution in [-0.4, -0.2) is 42.7 Å². The number of benzene rings is 2. The number of ether oxygens (including phenoxy) is 1. The van der Waals surface area contributed by atoms with Crippen molar-refractivity contribution in [2.24, 2.45) is 0 Å². The maximum absolute atomic E-state index is 6.06. The summed E-state index contributed by atoms with van der Waals surface area (Å²) in [6.07, 6.45) is 1.04. The summed E-state index contributed by atoms with van der Waals surface area (Å²) in [6.45, 7) is 4.75. The van der Waals surface area contributed by atoms with Crippen molar-refractivity contribution >= 4 is 28.8 Å². The van der Waals surface area contributed by atoms with E-state index in [2.05, 4.69) is 46.6 Å². The Hall–Kier alpha value is -1.46. The van der Waals surface area contributed by atoms with Crippen molar-refractivity contribution in [3.63, 3.8) is 0 Å². The number of rotatable bonds is 4. The lowest BCUT2D eigenvalue weighted by Crippen LogP contribution is -2.41. The number of nitrogens with zero attached hydrogens (tertiary/aromatic N) is 1. The zero-order chi connectivity index (χ0) is 17.9. The van der Waals surface area contributed by atoms with Crippen LogP contribution in [0.3, 0.4) is 0 Å². The number of fused-ring (bicyclic) bond motifs is 1. The van der Waals surface area contributed by atoms with Gasteiger partial charge in [0.25, 0.3) is 0 Å². The first kappa shape index (κ1) is 17.9. The molecular formula is C21H23ClN2OS. The highest BCUT2D eigenvalue weighted by Gasteiger charge is 2.31. The van der Waals surface area contributed by atoms with E-state index in [1.54, 1.807) is 0 Å². The molecule has 0 saturated carbocycles. The molecule has 0 amide bonds. The van der Waals surface area contributed by atoms with Crippen molar-refractivity contribution < 1.29 is 4.74 Å². The summed E-state index contributed by atoms with van der Waals surface area (Å²) in [5.41, 5.74) is 3.86. The Morgan fingerprint density at radius 1 is 1.04 bits per heavy atom. The second kappa shape index (κ2) is 8.05. The van der Waals surface area contributed by atoms with Gasteiger partial charge in [0.1, 0.15) is 0 Å². The lowest BCUT2D eigenvalue weighted by atomic mass is 9.82. The Labute approximate surface area is 165 Å². The molecule has 2 unspecified atom stereocenters. The Morgan fingerprint density at radius 2 is 1.73 bits per heavy atom. The van der Waals surface area contributed by atoms with Crippen molar-refractivity contribution in [3.8, 4) is 0 Å². The predicted molar refractivity (Wildman–Crippen MR) is 110 cm³/mol. The molecule has 2 aliphatic rings. The number of hydrogen-bond acceptors (Lipinski definition) is 3. The van der Waals surface area contributed by atoms with Gasteiger partial charge in [-0.1, -0.05) is 60.2 Å². The van der Waals surface area contributed by atoms with Gasteiger partial charge < -0.3 is 10.1 Å². The molecule has 3 nitrogen and oxygen atoms in total. The van der Waals surface area contributed by atoms with Gasteiger partial charge in [0.2, 0.25) is 0 Å². The maximum Gasteiger partial charge on any atom is 0.0837 e. The van der Waals surface area contributed by atoms with Crippen molar-refractivity contribution in [1.29, 1.82) is 0 Å². The second-order valence-corrected chi connectivity index (χ2v) is 7.79. The van der Waals surface area contributed by atoms with Gasteiger partial charge in [-0.15, -0.1) is 0 Å². The molecule has 2 aromatic carbocycles. The lowest BCUT2D eigenvalue weighted by molar-refractivity contribution is 0.0371. The van der Waals surface area contributed by atoms with Gasteiger partial charge in [0.15, 0.2) is 0 Å². The monoisotopic (exact) mass is 386 g/mol. The molecule has 2 aliphatic heterocycles. The Bertz CT molecular complexity index is 774. The van der Waals surface area contributed by atoms with E-state index in [9.17, 15) is 0 Å². The van der Waals surface area contributed by atoms with E-state index in [0.29, 0.717) is 0 Å². The molecule has 2 atom stereocenters. The highest BCUT2D eigenvalue weighted by atomic mass is 35.5. The van der Waals surface area contributed by atoms with Crippen LogP contribution in [0, 0.1) is 0 Å². The van der Waals surface area contributed by atoms with E-state index in [1.165, 1.54) is 16.7 Å². The molecule has 1 saturated heterocycles. The average Bonchev–Trinajstić information content (AvgIpc) is 2.68. The first-order chi connectivity index (χ1) is 12.7. The number of hydrogen-bond donors (Lipinski definition) is 1. The summed E-state index contributed by atoms with van der Waals surface area (Å²) in [7, 11) is 0. The van der Waals surface area contributed by atoms with E-state index in [-0.39, 0.29) is 12.0 Å². The van der Waals surface area contributed by atoms with Crippen molar-refractivity contribution in [3.05, 3.63) is 70.2 Å². The molecule has 26 heavy (non-hydrogen) atoms. The Balaban J connectivity index is 1.57. The molecule has 2 heterocycles. The summed E-state index contributed by atoms with van der Waals surface area (Å²) in [5.74, 6) is 0.271. The average molecular weight is 387 g/mol. The van der Waals surface area contributed by atoms with Gasteiger partial charge in [-0.3, -0.25) is 4.90 Å². The molecular weight excluding hydrogens is 364 g/mol. The molecule has 1 N–H and O–H groups in total. The normalized spacial score (nSPS) is 23.3. The van der Waals surface area contributed by atoms with Crippen molar-refractivity contribution in [2.75, 3.05) is 32.8 Å². The van der Waals surface area contributed by atoms with Crippen molar-refractivity contribution in [2.45, 2.75) is 18.4 Å². The van der Waals surface area contributed by atoms with Gasteiger partial charge in [0.05, 0.1) is 24.2 Å². The third-order valence-corrected chi connectivity index (χ3v) is 5.98. The summed E-state index contributed by atoms with van der Waals surface area (Å²) in [5, 5.41) is 4.34. The van der Waals surface area contributed by atoms with Crippen LogP contribution < -0.4 is 5.32 Å². The number of nitrogens with one attached hydrogen (secondary N) is 1. The summed E-state index contributed by atoms with van der Waals surface area (Å²) >= 11 is 11.9. The topological polar surface area (TPSA) is 24.5 Å². The first-order valence-corrected chi connectivity index (χ1v) is 9.96. The summed E-state index contributed by atoms with van der Waals surface area (Å²) in [6, 6.07) is 16.8. The van der Waals surface area contributed by atoms with Crippen LogP contribution >= 0.6 is 23.8 Å². The summed E-state index contributed by atoms with van der Waals surface area (Å²) in [4.78, 5) is 3.41. The third kappa shape index (κ3) is 3.79. The largest absolute Gasteiger partial charge is 0.379 e. The highest BCUT2D eigenvalue weighted by molar-refractivity contribution is 7.80. The van der Waals surface area contributed by atoms with E-state index in [1.807, 2.05) is 12.1 Å². The quantitative estimate of drug-likeness (QED) is 0.797. The number of thiocarbonyl (C=S) groups is 1. The van der Waals surface area contributed by atoms with Gasteiger partial charge in [-0.25, -0.2) is 0 Å². The van der Waals surface area contributed by atoms with Crippen molar-refractivity contribution in [1.82, 2.24) is 10.2 Å². The lowest BCUT2D eigenvalue weighted by Gasteiger charge is -2.36. The molecule has 0 spiro atoms. The minimum absolute atomic E-state index is 0.0932. The second-order valence-electron chi connectivity index (χ2n) is 6.92. The number of morpholine rings is 1. The van der Waals surface area contributed by atoms with Crippen LogP contribution in [0.5, 0.6) is 0 Å².